The van der Waals surface area contributed by atoms with Crippen LogP contribution in [-0.2, 0) is 28.5 Å². The Morgan fingerprint density at radius 2 is 0.810 bits per heavy atom. The third-order valence-electron chi connectivity index (χ3n) is 11.7. The van der Waals surface area contributed by atoms with Crippen molar-refractivity contribution in [3.05, 3.63) is 0 Å². The minimum atomic E-state index is -1.59. The highest BCUT2D eigenvalue weighted by Gasteiger charge is 2.44. The fourth-order valence-corrected chi connectivity index (χ4v) is 7.84. The van der Waals surface area contributed by atoms with Gasteiger partial charge in [-0.25, -0.2) is 0 Å². The molecule has 1 aliphatic heterocycles. The highest BCUT2D eigenvalue weighted by Crippen LogP contribution is 2.23. The minimum Gasteiger partial charge on any atom is -0.462 e. The SMILES string of the molecule is CCCCCCCCCCCCCCCCCCCCCCC(=O)OC[C@@H](CO[C@H]1O[C@@H](CO)[C@@H](O)C(O)C1O)OC(=O)CCCCCCCCCCCCCCC. The van der Waals surface area contributed by atoms with Crippen molar-refractivity contribution >= 4 is 11.9 Å². The quantitative estimate of drug-likeness (QED) is 0.0346. The largest absolute Gasteiger partial charge is 0.462 e. The number of rotatable bonds is 42. The van der Waals surface area contributed by atoms with E-state index < -0.39 is 49.4 Å². The van der Waals surface area contributed by atoms with Crippen LogP contribution in [0.3, 0.4) is 0 Å². The lowest BCUT2D eigenvalue weighted by atomic mass is 9.99. The van der Waals surface area contributed by atoms with Gasteiger partial charge in [0.2, 0.25) is 0 Å². The summed E-state index contributed by atoms with van der Waals surface area (Å²) in [5.41, 5.74) is 0. The Hall–Kier alpha value is -1.30. The molecule has 0 aromatic heterocycles. The third kappa shape index (κ3) is 30.7. The van der Waals surface area contributed by atoms with Crippen LogP contribution < -0.4 is 0 Å². The van der Waals surface area contributed by atoms with Gasteiger partial charge in [-0.05, 0) is 12.8 Å². The van der Waals surface area contributed by atoms with Crippen molar-refractivity contribution in [3.63, 3.8) is 0 Å². The zero-order valence-corrected chi connectivity index (χ0v) is 37.6. The van der Waals surface area contributed by atoms with Gasteiger partial charge in [0.15, 0.2) is 12.4 Å². The smallest absolute Gasteiger partial charge is 0.306 e. The first-order chi connectivity index (χ1) is 28.3. The maximum Gasteiger partial charge on any atom is 0.306 e. The molecule has 4 N–H and O–H groups in total. The second-order valence-corrected chi connectivity index (χ2v) is 17.3. The molecule has 58 heavy (non-hydrogen) atoms. The number of aliphatic hydroxyl groups is 4. The summed E-state index contributed by atoms with van der Waals surface area (Å²) in [6.07, 6.45) is 34.0. The van der Waals surface area contributed by atoms with Gasteiger partial charge in [-0.2, -0.15) is 0 Å². The molecular formula is C48H92O10. The Bertz CT molecular complexity index is 917. The Balaban J connectivity index is 2.24. The first kappa shape index (κ1) is 54.7. The summed E-state index contributed by atoms with van der Waals surface area (Å²) in [7, 11) is 0. The van der Waals surface area contributed by atoms with E-state index in [9.17, 15) is 30.0 Å². The number of carbonyl (C=O) groups excluding carboxylic acids is 2. The van der Waals surface area contributed by atoms with Crippen LogP contribution in [-0.4, -0.2) is 89.0 Å². The molecule has 0 aromatic carbocycles. The van der Waals surface area contributed by atoms with E-state index in [1.807, 2.05) is 0 Å². The molecule has 1 heterocycles. The molecule has 344 valence electrons. The molecule has 0 aromatic rings. The predicted octanol–water partition coefficient (Wildman–Crippen LogP) is 11.0. The van der Waals surface area contributed by atoms with Crippen LogP contribution in [0.15, 0.2) is 0 Å². The van der Waals surface area contributed by atoms with Gasteiger partial charge in [0.1, 0.15) is 31.0 Å². The second kappa shape index (κ2) is 39.8. The van der Waals surface area contributed by atoms with Crippen molar-refractivity contribution < 1.29 is 49.0 Å². The van der Waals surface area contributed by atoms with Gasteiger partial charge < -0.3 is 39.4 Å². The van der Waals surface area contributed by atoms with Crippen molar-refractivity contribution in [1.29, 1.82) is 0 Å². The van der Waals surface area contributed by atoms with Crippen LogP contribution in [0.4, 0.5) is 0 Å². The van der Waals surface area contributed by atoms with Gasteiger partial charge in [-0.15, -0.1) is 0 Å². The molecule has 0 spiro atoms. The van der Waals surface area contributed by atoms with Crippen molar-refractivity contribution in [3.8, 4) is 0 Å². The standard InChI is InChI=1S/C48H92O10/c1-3-5-7-9-11-13-15-17-18-19-20-21-22-23-25-26-28-30-32-34-36-43(50)55-39-41(40-56-48-47(54)46(53)45(52)42(38-49)58-48)57-44(51)37-35-33-31-29-27-24-16-14-12-10-8-6-4-2/h41-42,45-49,52-54H,3-40H2,1-2H3/t41-,42-,45+,46?,47?,48-/m0/s1. The van der Waals surface area contributed by atoms with Crippen LogP contribution in [0.2, 0.25) is 0 Å². The normalized spacial score (nSPS) is 20.0. The zero-order valence-electron chi connectivity index (χ0n) is 37.6. The molecule has 10 heteroatoms. The number of carbonyl (C=O) groups is 2. The molecule has 1 saturated heterocycles. The third-order valence-corrected chi connectivity index (χ3v) is 11.7. The number of unbranched alkanes of at least 4 members (excludes halogenated alkanes) is 31. The summed E-state index contributed by atoms with van der Waals surface area (Å²) in [5, 5.41) is 40.1. The maximum atomic E-state index is 12.8. The van der Waals surface area contributed by atoms with Gasteiger partial charge in [0.25, 0.3) is 0 Å². The van der Waals surface area contributed by atoms with E-state index in [4.69, 9.17) is 18.9 Å². The van der Waals surface area contributed by atoms with Gasteiger partial charge >= 0.3 is 11.9 Å². The first-order valence-electron chi connectivity index (χ1n) is 24.6. The van der Waals surface area contributed by atoms with Crippen LogP contribution in [0.1, 0.15) is 239 Å². The number of hydrogen-bond acceptors (Lipinski definition) is 10. The van der Waals surface area contributed by atoms with E-state index in [-0.39, 0.29) is 32.0 Å². The van der Waals surface area contributed by atoms with E-state index in [0.29, 0.717) is 6.42 Å². The van der Waals surface area contributed by atoms with Crippen molar-refractivity contribution in [1.82, 2.24) is 0 Å². The summed E-state index contributed by atoms with van der Waals surface area (Å²) in [6.45, 7) is 3.46. The molecule has 1 aliphatic rings. The van der Waals surface area contributed by atoms with E-state index in [1.54, 1.807) is 0 Å². The summed E-state index contributed by atoms with van der Waals surface area (Å²) >= 11 is 0. The molecular weight excluding hydrogens is 737 g/mol. The van der Waals surface area contributed by atoms with Gasteiger partial charge in [-0.3, -0.25) is 9.59 Å². The fraction of sp³-hybridized carbons (Fsp3) is 0.958. The highest BCUT2D eigenvalue weighted by atomic mass is 16.7. The average molecular weight is 829 g/mol. The fourth-order valence-electron chi connectivity index (χ4n) is 7.84. The molecule has 2 unspecified atom stereocenters. The number of esters is 2. The molecule has 0 amide bonds. The molecule has 6 atom stereocenters. The molecule has 0 radical (unpaired) electrons. The monoisotopic (exact) mass is 829 g/mol. The molecule has 0 bridgehead atoms. The van der Waals surface area contributed by atoms with E-state index in [0.717, 1.165) is 38.5 Å². The predicted molar refractivity (Wildman–Crippen MR) is 234 cm³/mol. The summed E-state index contributed by atoms with van der Waals surface area (Å²) in [5.74, 6) is -0.789. The molecule has 0 aliphatic carbocycles. The van der Waals surface area contributed by atoms with Gasteiger partial charge in [-0.1, -0.05) is 213 Å². The Morgan fingerprint density at radius 1 is 0.466 bits per heavy atom. The van der Waals surface area contributed by atoms with Crippen molar-refractivity contribution in [2.24, 2.45) is 0 Å². The summed E-state index contributed by atoms with van der Waals surface area (Å²) in [6, 6.07) is 0. The zero-order chi connectivity index (χ0) is 42.3. The van der Waals surface area contributed by atoms with E-state index in [1.165, 1.54) is 167 Å². The first-order valence-corrected chi connectivity index (χ1v) is 24.6. The van der Waals surface area contributed by atoms with Crippen molar-refractivity contribution in [2.45, 2.75) is 275 Å². The summed E-state index contributed by atoms with van der Waals surface area (Å²) in [4.78, 5) is 25.4. The Labute approximate surface area is 355 Å². The topological polar surface area (TPSA) is 152 Å². The minimum absolute atomic E-state index is 0.209. The van der Waals surface area contributed by atoms with Crippen molar-refractivity contribution in [2.75, 3.05) is 19.8 Å². The number of aliphatic hydroxyl groups excluding tert-OH is 4. The molecule has 10 nitrogen and oxygen atoms in total. The van der Waals surface area contributed by atoms with Crippen LogP contribution in [0, 0.1) is 0 Å². The van der Waals surface area contributed by atoms with Crippen LogP contribution in [0.25, 0.3) is 0 Å². The number of hydrogen-bond donors (Lipinski definition) is 4. The lowest BCUT2D eigenvalue weighted by Gasteiger charge is -2.39. The van der Waals surface area contributed by atoms with Crippen LogP contribution >= 0.6 is 0 Å². The molecule has 1 fully saturated rings. The average Bonchev–Trinajstić information content (AvgIpc) is 3.22. The molecule has 0 saturated carbocycles. The molecule has 1 rings (SSSR count). The second-order valence-electron chi connectivity index (χ2n) is 17.3. The lowest BCUT2D eigenvalue weighted by Crippen LogP contribution is -2.59. The number of ether oxygens (including phenoxy) is 4. The Morgan fingerprint density at radius 3 is 1.17 bits per heavy atom. The summed E-state index contributed by atoms with van der Waals surface area (Å²) < 4.78 is 22.2. The maximum absolute atomic E-state index is 12.8. The van der Waals surface area contributed by atoms with Gasteiger partial charge in [0.05, 0.1) is 13.2 Å². The van der Waals surface area contributed by atoms with Crippen LogP contribution in [0.5, 0.6) is 0 Å². The van der Waals surface area contributed by atoms with E-state index >= 15 is 0 Å². The van der Waals surface area contributed by atoms with Gasteiger partial charge in [0, 0.05) is 12.8 Å². The highest BCUT2D eigenvalue weighted by molar-refractivity contribution is 5.70. The lowest BCUT2D eigenvalue weighted by molar-refractivity contribution is -0.305. The van der Waals surface area contributed by atoms with E-state index in [2.05, 4.69) is 13.8 Å². The Kier molecular flexibility index (Phi) is 37.6.